The Kier molecular flexibility index (Phi) is 3.76. The van der Waals surface area contributed by atoms with Crippen LogP contribution < -0.4 is 5.32 Å². The number of amides is 1. The lowest BCUT2D eigenvalue weighted by molar-refractivity contribution is 0.258. The van der Waals surface area contributed by atoms with E-state index in [9.17, 15) is 9.36 Å². The third-order valence-electron chi connectivity index (χ3n) is 1.44. The monoisotopic (exact) mass is 269 g/mol. The average Bonchev–Trinajstić information content (AvgIpc) is 2.10. The normalized spacial score (nSPS) is 11.2. The van der Waals surface area contributed by atoms with Crippen molar-refractivity contribution in [2.75, 3.05) is 5.32 Å². The van der Waals surface area contributed by atoms with Gasteiger partial charge in [0.1, 0.15) is 0 Å². The Morgan fingerprint density at radius 1 is 1.27 bits per heavy atom. The lowest BCUT2D eigenvalue weighted by Crippen LogP contribution is -2.09. The van der Waals surface area contributed by atoms with E-state index >= 15 is 0 Å². The van der Waals surface area contributed by atoms with Crippen LogP contribution in [-0.2, 0) is 4.57 Å². The van der Waals surface area contributed by atoms with E-state index in [0.717, 1.165) is 0 Å². The van der Waals surface area contributed by atoms with Gasteiger partial charge in [0.25, 0.3) is 0 Å². The maximum Gasteiger partial charge on any atom is 0.413 e. The molecule has 1 rings (SSSR count). The molecule has 0 saturated heterocycles. The van der Waals surface area contributed by atoms with Gasteiger partial charge >= 0.3 is 13.2 Å². The van der Waals surface area contributed by atoms with Gasteiger partial charge in [0.2, 0.25) is 0 Å². The van der Waals surface area contributed by atoms with Gasteiger partial charge in [0.05, 0.1) is 10.0 Å². The number of anilines is 1. The second-order valence-corrected chi connectivity index (χ2v) is 4.91. The number of hydrogen-bond acceptors (Lipinski definition) is 2. The first-order valence-electron chi connectivity index (χ1n) is 3.63. The largest absolute Gasteiger partial charge is 0.413 e. The smallest absolute Gasteiger partial charge is 0.318 e. The van der Waals surface area contributed by atoms with Crippen molar-refractivity contribution in [2.24, 2.45) is 0 Å². The highest BCUT2D eigenvalue weighted by molar-refractivity contribution is 7.70. The first-order chi connectivity index (χ1) is 6.80. The van der Waals surface area contributed by atoms with Crippen molar-refractivity contribution in [2.45, 2.75) is 0 Å². The van der Waals surface area contributed by atoms with Crippen molar-refractivity contribution in [1.29, 1.82) is 0 Å². The van der Waals surface area contributed by atoms with Gasteiger partial charge in [-0.05, 0) is 18.2 Å². The zero-order chi connectivity index (χ0) is 11.6. The molecule has 1 aromatic rings. The Hall–Kier alpha value is -0.580. The summed E-state index contributed by atoms with van der Waals surface area (Å²) in [5.41, 5.74) is -1.22. The van der Waals surface area contributed by atoms with Crippen molar-refractivity contribution < 1.29 is 19.1 Å². The average molecular weight is 270 g/mol. The van der Waals surface area contributed by atoms with Crippen LogP contribution in [0.5, 0.6) is 0 Å². The van der Waals surface area contributed by atoms with Crippen LogP contribution in [0.15, 0.2) is 18.2 Å². The second-order valence-electron chi connectivity index (χ2n) is 2.60. The first kappa shape index (κ1) is 12.5. The Morgan fingerprint density at radius 3 is 2.33 bits per heavy atom. The van der Waals surface area contributed by atoms with Gasteiger partial charge in [0.15, 0.2) is 0 Å². The predicted molar refractivity (Wildman–Crippen MR) is 57.5 cm³/mol. The van der Waals surface area contributed by atoms with Gasteiger partial charge in [0, 0.05) is 5.69 Å². The van der Waals surface area contributed by atoms with Gasteiger partial charge in [-0.3, -0.25) is 4.79 Å². The van der Waals surface area contributed by atoms with Crippen molar-refractivity contribution in [3.05, 3.63) is 28.2 Å². The fraction of sp³-hybridized carbons (Fsp3) is 0. The molecule has 15 heavy (non-hydrogen) atoms. The summed E-state index contributed by atoms with van der Waals surface area (Å²) in [7, 11) is -4.78. The summed E-state index contributed by atoms with van der Waals surface area (Å²) in [6.45, 7) is 0. The maximum atomic E-state index is 10.9. The zero-order valence-corrected chi connectivity index (χ0v) is 9.55. The summed E-state index contributed by atoms with van der Waals surface area (Å²) in [4.78, 5) is 27.9. The molecule has 0 saturated carbocycles. The Balaban J connectivity index is 2.87. The molecule has 0 bridgehead atoms. The molecule has 1 aromatic carbocycles. The highest BCUT2D eigenvalue weighted by atomic mass is 35.5. The first-order valence-corrected chi connectivity index (χ1v) is 5.99. The lowest BCUT2D eigenvalue weighted by Gasteiger charge is -2.06. The highest BCUT2D eigenvalue weighted by Crippen LogP contribution is 2.37. The number of hydrogen-bond donors (Lipinski definition) is 3. The lowest BCUT2D eigenvalue weighted by atomic mass is 10.3. The molecular weight excluding hydrogens is 264 g/mol. The summed E-state index contributed by atoms with van der Waals surface area (Å²) in [5.74, 6) is 0. The minimum absolute atomic E-state index is 0.165. The maximum absolute atomic E-state index is 10.9. The zero-order valence-electron chi connectivity index (χ0n) is 7.15. The van der Waals surface area contributed by atoms with Crippen molar-refractivity contribution >= 4 is 42.1 Å². The summed E-state index contributed by atoms with van der Waals surface area (Å²) >= 11 is 11.2. The molecule has 0 fully saturated rings. The third-order valence-corrected chi connectivity index (χ3v) is 2.82. The Morgan fingerprint density at radius 2 is 1.87 bits per heavy atom. The van der Waals surface area contributed by atoms with Crippen LogP contribution in [0.2, 0.25) is 10.0 Å². The molecule has 0 radical (unpaired) electrons. The minimum atomic E-state index is -4.78. The van der Waals surface area contributed by atoms with E-state index in [1.54, 1.807) is 0 Å². The van der Waals surface area contributed by atoms with Crippen LogP contribution in [0.1, 0.15) is 0 Å². The van der Waals surface area contributed by atoms with Crippen LogP contribution in [-0.4, -0.2) is 15.4 Å². The van der Waals surface area contributed by atoms with Gasteiger partial charge in [-0.1, -0.05) is 23.2 Å². The third kappa shape index (κ3) is 3.48. The molecule has 8 heteroatoms. The standard InChI is InChI=1S/C7H6Cl2NO4P/c8-5-2-1-4(3-6(5)9)10-7(11)15(12,13)14/h1-3H,(H,10,11)(H2,12,13,14). The fourth-order valence-corrected chi connectivity index (χ4v) is 1.34. The molecule has 0 unspecified atom stereocenters. The van der Waals surface area contributed by atoms with E-state index in [4.69, 9.17) is 33.0 Å². The highest BCUT2D eigenvalue weighted by Gasteiger charge is 2.25. The fourth-order valence-electron chi connectivity index (χ4n) is 0.770. The summed E-state index contributed by atoms with van der Waals surface area (Å²) < 4.78 is 10.5. The van der Waals surface area contributed by atoms with Gasteiger partial charge < -0.3 is 15.1 Å². The molecule has 5 nitrogen and oxygen atoms in total. The number of carbonyl (C=O) groups excluding carboxylic acids is 1. The molecule has 1 amide bonds. The number of carbonyl (C=O) groups is 1. The van der Waals surface area contributed by atoms with Crippen LogP contribution >= 0.6 is 30.8 Å². The van der Waals surface area contributed by atoms with Crippen LogP contribution in [0.3, 0.4) is 0 Å². The van der Waals surface area contributed by atoms with E-state index in [1.807, 2.05) is 5.32 Å². The number of benzene rings is 1. The molecule has 0 aliphatic rings. The van der Waals surface area contributed by atoms with Gasteiger partial charge in [-0.15, -0.1) is 0 Å². The van der Waals surface area contributed by atoms with E-state index in [2.05, 4.69) is 0 Å². The molecule has 82 valence electrons. The number of rotatable bonds is 2. The molecule has 0 atom stereocenters. The number of halogens is 2. The molecule has 0 aliphatic carbocycles. The molecular formula is C7H6Cl2NO4P. The predicted octanol–water partition coefficient (Wildman–Crippen LogP) is 2.70. The van der Waals surface area contributed by atoms with E-state index in [-0.39, 0.29) is 15.7 Å². The van der Waals surface area contributed by atoms with E-state index in [0.29, 0.717) is 0 Å². The molecule has 0 aromatic heterocycles. The molecule has 0 heterocycles. The van der Waals surface area contributed by atoms with Crippen molar-refractivity contribution in [3.8, 4) is 0 Å². The molecule has 0 spiro atoms. The Labute approximate surface area is 95.2 Å². The minimum Gasteiger partial charge on any atom is -0.318 e. The molecule has 3 N–H and O–H groups in total. The van der Waals surface area contributed by atoms with E-state index < -0.39 is 13.2 Å². The topological polar surface area (TPSA) is 86.6 Å². The SMILES string of the molecule is O=C(Nc1ccc(Cl)c(Cl)c1)P(=O)(O)O. The van der Waals surface area contributed by atoms with Crippen LogP contribution in [0, 0.1) is 0 Å². The van der Waals surface area contributed by atoms with Crippen molar-refractivity contribution in [3.63, 3.8) is 0 Å². The van der Waals surface area contributed by atoms with E-state index in [1.165, 1.54) is 18.2 Å². The number of nitrogens with one attached hydrogen (secondary N) is 1. The van der Waals surface area contributed by atoms with Crippen LogP contribution in [0.25, 0.3) is 0 Å². The second kappa shape index (κ2) is 4.51. The summed E-state index contributed by atoms with van der Waals surface area (Å²) in [6, 6.07) is 4.07. The van der Waals surface area contributed by atoms with Gasteiger partial charge in [-0.2, -0.15) is 0 Å². The summed E-state index contributed by atoms with van der Waals surface area (Å²) in [6.07, 6.45) is 0. The molecule has 0 aliphatic heterocycles. The van der Waals surface area contributed by atoms with Crippen LogP contribution in [0.4, 0.5) is 10.5 Å². The Bertz CT molecular complexity index is 445. The van der Waals surface area contributed by atoms with Gasteiger partial charge in [-0.25, -0.2) is 4.57 Å². The quantitative estimate of drug-likeness (QED) is 0.721. The van der Waals surface area contributed by atoms with Crippen molar-refractivity contribution in [1.82, 2.24) is 0 Å². The summed E-state index contributed by atoms with van der Waals surface area (Å²) in [5, 5.41) is 2.47.